The standard InChI is InChI=1S/C39H28F6O/c40-38(41,42)36-32-24-15-7-1-9-18(24)19-10-2-8-16-25(19)33(32)37(46-36,39(43,44)45)35-27-17-26(34(35)36)30-28-20-11-3-5-13-22(20)29(31(27)30)23-14-6-4-12-21(23)28/h1-16,26-35H,17H2/t26?,27?,28?,29?,30-,31?,32+,33?,34-,35?,36?,37?/m0/s1. The van der Waals surface area contributed by atoms with E-state index in [1.54, 1.807) is 48.5 Å². The molecule has 4 aromatic rings. The Kier molecular flexibility index (Phi) is 4.56. The maximum absolute atomic E-state index is 16.2. The molecule has 4 fully saturated rings. The molecule has 2 saturated heterocycles. The third-order valence-corrected chi connectivity index (χ3v) is 13.7. The highest BCUT2D eigenvalue weighted by atomic mass is 19.4. The Labute approximate surface area is 261 Å². The van der Waals surface area contributed by atoms with Gasteiger partial charge in [-0.15, -0.1) is 0 Å². The van der Waals surface area contributed by atoms with E-state index in [4.69, 9.17) is 4.74 Å². The Morgan fingerprint density at radius 3 is 1.15 bits per heavy atom. The van der Waals surface area contributed by atoms with E-state index in [0.717, 1.165) is 22.3 Å². The van der Waals surface area contributed by atoms with Crippen LogP contribution >= 0.6 is 0 Å². The lowest BCUT2D eigenvalue weighted by atomic mass is 9.42. The summed E-state index contributed by atoms with van der Waals surface area (Å²) in [6.07, 6.45) is -9.64. The largest absolute Gasteiger partial charge is 0.418 e. The minimum atomic E-state index is -5.01. The Hall–Kier alpha value is -3.58. The molecule has 12 rings (SSSR count). The molecular formula is C39H28F6O. The summed E-state index contributed by atoms with van der Waals surface area (Å²) >= 11 is 0. The first kappa shape index (κ1) is 26.5. The van der Waals surface area contributed by atoms with Gasteiger partial charge in [0, 0.05) is 35.5 Å². The summed E-state index contributed by atoms with van der Waals surface area (Å²) in [5.41, 5.74) is 0.431. The second-order valence-electron chi connectivity index (χ2n) is 14.8. The van der Waals surface area contributed by atoms with E-state index in [0.29, 0.717) is 28.7 Å². The Balaban J connectivity index is 1.21. The van der Waals surface area contributed by atoms with Crippen LogP contribution in [0.4, 0.5) is 26.3 Å². The maximum Gasteiger partial charge on any atom is 0.418 e. The molecule has 0 N–H and O–H groups in total. The summed E-state index contributed by atoms with van der Waals surface area (Å²) in [7, 11) is 0. The van der Waals surface area contributed by atoms with E-state index in [-0.39, 0.29) is 23.7 Å². The first-order valence-corrected chi connectivity index (χ1v) is 16.3. The number of alkyl halides is 6. The first-order chi connectivity index (χ1) is 22.1. The molecule has 46 heavy (non-hydrogen) atoms. The van der Waals surface area contributed by atoms with Crippen molar-refractivity contribution in [2.45, 2.75) is 53.6 Å². The quantitative estimate of drug-likeness (QED) is 0.177. The van der Waals surface area contributed by atoms with Crippen LogP contribution in [0, 0.1) is 35.5 Å². The van der Waals surface area contributed by atoms with Gasteiger partial charge in [-0.1, -0.05) is 97.1 Å². The molecule has 10 atom stereocenters. The minimum absolute atomic E-state index is 0.139. The van der Waals surface area contributed by atoms with Crippen LogP contribution in [-0.4, -0.2) is 23.6 Å². The van der Waals surface area contributed by atoms with E-state index < -0.39 is 59.1 Å². The summed E-state index contributed by atoms with van der Waals surface area (Å²) in [4.78, 5) is 0. The van der Waals surface area contributed by atoms with Crippen molar-refractivity contribution >= 4 is 0 Å². The number of halogens is 6. The van der Waals surface area contributed by atoms with E-state index >= 15 is 26.3 Å². The third kappa shape index (κ3) is 2.57. The molecule has 4 aromatic carbocycles. The fraction of sp³-hybridized carbons (Fsp3) is 0.385. The van der Waals surface area contributed by atoms with Crippen LogP contribution in [0.3, 0.4) is 0 Å². The fourth-order valence-electron chi connectivity index (χ4n) is 13.1. The van der Waals surface area contributed by atoms with Crippen molar-refractivity contribution in [3.63, 3.8) is 0 Å². The minimum Gasteiger partial charge on any atom is -0.348 e. The van der Waals surface area contributed by atoms with Crippen LogP contribution in [0.5, 0.6) is 0 Å². The molecule has 0 amide bonds. The van der Waals surface area contributed by atoms with Crippen molar-refractivity contribution in [1.82, 2.24) is 0 Å². The van der Waals surface area contributed by atoms with Gasteiger partial charge in [0.2, 0.25) is 0 Å². The lowest BCUT2D eigenvalue weighted by Gasteiger charge is -2.60. The smallest absolute Gasteiger partial charge is 0.348 e. The lowest BCUT2D eigenvalue weighted by Crippen LogP contribution is -2.64. The number of benzene rings is 4. The molecule has 2 aliphatic heterocycles. The van der Waals surface area contributed by atoms with E-state index in [1.807, 2.05) is 24.3 Å². The highest BCUT2D eigenvalue weighted by molar-refractivity contribution is 5.77. The van der Waals surface area contributed by atoms with Crippen LogP contribution in [0.15, 0.2) is 97.1 Å². The fourth-order valence-corrected chi connectivity index (χ4v) is 13.1. The predicted octanol–water partition coefficient (Wildman–Crippen LogP) is 9.59. The highest BCUT2D eigenvalue weighted by Crippen LogP contribution is 2.87. The van der Waals surface area contributed by atoms with Crippen LogP contribution in [-0.2, 0) is 4.74 Å². The van der Waals surface area contributed by atoms with E-state index in [2.05, 4.69) is 24.3 Å². The summed E-state index contributed by atoms with van der Waals surface area (Å²) < 4.78 is 103. The molecule has 0 radical (unpaired) electrons. The zero-order valence-corrected chi connectivity index (χ0v) is 24.4. The van der Waals surface area contributed by atoms with Crippen LogP contribution in [0.25, 0.3) is 11.1 Å². The molecule has 1 nitrogen and oxygen atoms in total. The molecule has 0 aromatic heterocycles. The van der Waals surface area contributed by atoms with E-state index in [9.17, 15) is 0 Å². The van der Waals surface area contributed by atoms with Gasteiger partial charge < -0.3 is 4.74 Å². The second kappa shape index (κ2) is 7.92. The van der Waals surface area contributed by atoms with Crippen molar-refractivity contribution < 1.29 is 31.1 Å². The number of hydrogen-bond donors (Lipinski definition) is 0. The van der Waals surface area contributed by atoms with Crippen molar-refractivity contribution in [3.05, 3.63) is 130 Å². The molecule has 6 aliphatic carbocycles. The molecule has 6 bridgehead atoms. The summed E-state index contributed by atoms with van der Waals surface area (Å²) in [6.45, 7) is 0. The zero-order chi connectivity index (χ0) is 31.1. The SMILES string of the molecule is FC(F)(F)C12OC(C(F)(F)F)([C@H]3C4CC(C5C6c7ccccc7C(c7ccccc76)[C@@H]54)C31)[C@@H]1c3ccccc3-c3ccccc3C12. The third-order valence-electron chi connectivity index (χ3n) is 13.7. The Bertz CT molecular complexity index is 1810. The lowest BCUT2D eigenvalue weighted by molar-refractivity contribution is -0.322. The van der Waals surface area contributed by atoms with Crippen LogP contribution in [0.2, 0.25) is 0 Å². The van der Waals surface area contributed by atoms with Gasteiger partial charge in [-0.05, 0) is 74.6 Å². The van der Waals surface area contributed by atoms with Gasteiger partial charge in [0.05, 0.1) is 0 Å². The maximum atomic E-state index is 16.2. The topological polar surface area (TPSA) is 9.23 Å². The number of ether oxygens (including phenoxy) is 1. The molecule has 2 saturated carbocycles. The summed E-state index contributed by atoms with van der Waals surface area (Å²) in [5, 5.41) is 0. The van der Waals surface area contributed by atoms with Gasteiger partial charge in [-0.25, -0.2) is 0 Å². The van der Waals surface area contributed by atoms with Crippen LogP contribution < -0.4 is 0 Å². The second-order valence-corrected chi connectivity index (χ2v) is 14.8. The van der Waals surface area contributed by atoms with Crippen molar-refractivity contribution in [1.29, 1.82) is 0 Å². The van der Waals surface area contributed by atoms with Gasteiger partial charge in [0.1, 0.15) is 0 Å². The molecule has 8 aliphatic rings. The van der Waals surface area contributed by atoms with Gasteiger partial charge in [0.15, 0.2) is 11.2 Å². The van der Waals surface area contributed by atoms with Crippen LogP contribution in [0.1, 0.15) is 63.5 Å². The van der Waals surface area contributed by atoms with Gasteiger partial charge >= 0.3 is 12.4 Å². The molecule has 0 spiro atoms. The predicted molar refractivity (Wildman–Crippen MR) is 158 cm³/mol. The van der Waals surface area contributed by atoms with Gasteiger partial charge in [0.25, 0.3) is 0 Å². The number of fused-ring (bicyclic) bond motifs is 17. The molecular weight excluding hydrogens is 598 g/mol. The average Bonchev–Trinajstić information content (AvgIpc) is 3.80. The average molecular weight is 627 g/mol. The molecule has 232 valence electrons. The van der Waals surface area contributed by atoms with Gasteiger partial charge in [-0.3, -0.25) is 0 Å². The number of hydrogen-bond acceptors (Lipinski definition) is 1. The number of rotatable bonds is 0. The monoisotopic (exact) mass is 626 g/mol. The molecule has 2 heterocycles. The molecule has 7 unspecified atom stereocenters. The van der Waals surface area contributed by atoms with Crippen molar-refractivity contribution in [3.8, 4) is 11.1 Å². The van der Waals surface area contributed by atoms with E-state index in [1.165, 1.54) is 0 Å². The van der Waals surface area contributed by atoms with Gasteiger partial charge in [-0.2, -0.15) is 26.3 Å². The Morgan fingerprint density at radius 2 is 0.804 bits per heavy atom. The Morgan fingerprint density at radius 1 is 0.478 bits per heavy atom. The van der Waals surface area contributed by atoms with Crippen molar-refractivity contribution in [2.75, 3.05) is 0 Å². The van der Waals surface area contributed by atoms with Crippen molar-refractivity contribution in [2.24, 2.45) is 35.5 Å². The summed E-state index contributed by atoms with van der Waals surface area (Å²) in [5.74, 6) is -7.22. The summed E-state index contributed by atoms with van der Waals surface area (Å²) in [6, 6.07) is 29.8. The first-order valence-electron chi connectivity index (χ1n) is 16.3. The zero-order valence-electron chi connectivity index (χ0n) is 24.4. The normalized spacial score (nSPS) is 41.3. The highest BCUT2D eigenvalue weighted by Gasteiger charge is 2.94. The molecule has 7 heteroatoms.